The Kier molecular flexibility index (Phi) is 4.97. The lowest BCUT2D eigenvalue weighted by Gasteiger charge is -2.19. The number of nitrogens with one attached hydrogen (secondary N) is 1. The molecule has 0 aliphatic heterocycles. The monoisotopic (exact) mass is 356 g/mol. The van der Waals surface area contributed by atoms with Crippen molar-refractivity contribution in [3.05, 3.63) is 102 Å². The molecule has 0 saturated carbocycles. The largest absolute Gasteiger partial charge is 0.356 e. The van der Waals surface area contributed by atoms with Crippen molar-refractivity contribution in [3.8, 4) is 0 Å². The van der Waals surface area contributed by atoms with Crippen LogP contribution in [0.25, 0.3) is 11.0 Å². The second-order valence-electron chi connectivity index (χ2n) is 6.52. The summed E-state index contributed by atoms with van der Waals surface area (Å²) < 4.78 is 5.31. The summed E-state index contributed by atoms with van der Waals surface area (Å²) in [5.41, 5.74) is 3.62. The van der Waals surface area contributed by atoms with Crippen LogP contribution in [0.4, 0.5) is 0 Å². The number of nitrogens with zero attached hydrogens (tertiary/aromatic N) is 1. The minimum Gasteiger partial charge on any atom is -0.356 e. The molecule has 0 aliphatic rings. The van der Waals surface area contributed by atoms with Crippen molar-refractivity contribution in [2.24, 2.45) is 0 Å². The molecule has 1 amide bonds. The van der Waals surface area contributed by atoms with Gasteiger partial charge in [-0.05, 0) is 29.7 Å². The molecule has 4 aromatic rings. The number of carbonyl (C=O) groups is 1. The molecule has 1 N–H and O–H groups in total. The first-order chi connectivity index (χ1) is 13.3. The molecular weight excluding hydrogens is 336 g/mol. The molecule has 3 aromatic carbocycles. The summed E-state index contributed by atoms with van der Waals surface area (Å²) in [5, 5.41) is 8.11. The van der Waals surface area contributed by atoms with E-state index >= 15 is 0 Å². The number of hydrogen-bond acceptors (Lipinski definition) is 3. The van der Waals surface area contributed by atoms with Gasteiger partial charge in [-0.15, -0.1) is 0 Å². The predicted octanol–water partition coefficient (Wildman–Crippen LogP) is 4.47. The molecule has 0 aliphatic carbocycles. The van der Waals surface area contributed by atoms with E-state index in [9.17, 15) is 4.79 Å². The fourth-order valence-electron chi connectivity index (χ4n) is 3.25. The fraction of sp³-hybridized carbons (Fsp3) is 0.130. The normalized spacial score (nSPS) is 12.0. The second kappa shape index (κ2) is 7.87. The maximum absolute atomic E-state index is 12.7. The van der Waals surface area contributed by atoms with Crippen LogP contribution in [-0.2, 0) is 17.6 Å². The van der Waals surface area contributed by atoms with Crippen LogP contribution >= 0.6 is 0 Å². The van der Waals surface area contributed by atoms with Crippen LogP contribution in [0.3, 0.4) is 0 Å². The number of amides is 1. The average molecular weight is 356 g/mol. The molecule has 4 heteroatoms. The Bertz CT molecular complexity index is 1030. The summed E-state index contributed by atoms with van der Waals surface area (Å²) in [5.74, 6) is -0.0705. The van der Waals surface area contributed by atoms with Gasteiger partial charge in [0.25, 0.3) is 0 Å². The average Bonchev–Trinajstić information content (AvgIpc) is 3.12. The van der Waals surface area contributed by atoms with Crippen LogP contribution in [0.1, 0.15) is 22.9 Å². The standard InChI is InChI=1S/C23H20N2O2/c26-23(16-21-19-13-7-8-14-22(19)27-25-21)24-20(18-11-5-2-6-12-18)15-17-9-3-1-4-10-17/h1-14,20H,15-16H2,(H,24,26)/t20-/m0/s1. The molecule has 134 valence electrons. The van der Waals surface area contributed by atoms with Crippen molar-refractivity contribution in [2.45, 2.75) is 18.9 Å². The van der Waals surface area contributed by atoms with Gasteiger partial charge in [0.05, 0.1) is 12.5 Å². The number of hydrogen-bond donors (Lipinski definition) is 1. The molecule has 4 nitrogen and oxygen atoms in total. The van der Waals surface area contributed by atoms with Crippen LogP contribution in [0.2, 0.25) is 0 Å². The van der Waals surface area contributed by atoms with Gasteiger partial charge in [0.2, 0.25) is 5.91 Å². The lowest BCUT2D eigenvalue weighted by Crippen LogP contribution is -2.31. The highest BCUT2D eigenvalue weighted by atomic mass is 16.5. The number of carbonyl (C=O) groups excluding carboxylic acids is 1. The third-order valence-corrected chi connectivity index (χ3v) is 4.60. The number of rotatable bonds is 6. The van der Waals surface area contributed by atoms with Crippen molar-refractivity contribution in [1.29, 1.82) is 0 Å². The van der Waals surface area contributed by atoms with E-state index in [0.717, 1.165) is 17.4 Å². The highest BCUT2D eigenvalue weighted by Gasteiger charge is 2.18. The third kappa shape index (κ3) is 4.06. The van der Waals surface area contributed by atoms with Crippen LogP contribution in [-0.4, -0.2) is 11.1 Å². The van der Waals surface area contributed by atoms with Crippen molar-refractivity contribution in [2.75, 3.05) is 0 Å². The van der Waals surface area contributed by atoms with Gasteiger partial charge in [-0.25, -0.2) is 0 Å². The molecule has 27 heavy (non-hydrogen) atoms. The summed E-state index contributed by atoms with van der Waals surface area (Å²) in [6.07, 6.45) is 0.922. The molecule has 0 spiro atoms. The van der Waals surface area contributed by atoms with Crippen LogP contribution < -0.4 is 5.32 Å². The summed E-state index contributed by atoms with van der Waals surface area (Å²) in [7, 11) is 0. The SMILES string of the molecule is O=C(Cc1noc2ccccc12)N[C@@H](Cc1ccccc1)c1ccccc1. The van der Waals surface area contributed by atoms with Gasteiger partial charge < -0.3 is 9.84 Å². The Morgan fingerprint density at radius 1 is 0.889 bits per heavy atom. The number of aromatic nitrogens is 1. The first-order valence-electron chi connectivity index (χ1n) is 9.01. The molecule has 0 fully saturated rings. The zero-order chi connectivity index (χ0) is 18.5. The first-order valence-corrected chi connectivity index (χ1v) is 9.01. The zero-order valence-electron chi connectivity index (χ0n) is 14.8. The predicted molar refractivity (Wildman–Crippen MR) is 105 cm³/mol. The highest BCUT2D eigenvalue weighted by molar-refractivity contribution is 5.86. The Morgan fingerprint density at radius 2 is 1.56 bits per heavy atom. The van der Waals surface area contributed by atoms with Crippen molar-refractivity contribution in [1.82, 2.24) is 10.5 Å². The lowest BCUT2D eigenvalue weighted by atomic mass is 9.98. The van der Waals surface area contributed by atoms with E-state index in [0.29, 0.717) is 11.3 Å². The summed E-state index contributed by atoms with van der Waals surface area (Å²) >= 11 is 0. The Morgan fingerprint density at radius 3 is 2.33 bits per heavy atom. The van der Waals surface area contributed by atoms with E-state index in [1.807, 2.05) is 72.8 Å². The fourth-order valence-corrected chi connectivity index (χ4v) is 3.25. The van der Waals surface area contributed by atoms with Gasteiger partial charge in [0, 0.05) is 5.39 Å². The van der Waals surface area contributed by atoms with Gasteiger partial charge in [-0.1, -0.05) is 78.0 Å². The molecule has 0 radical (unpaired) electrons. The van der Waals surface area contributed by atoms with E-state index in [2.05, 4.69) is 22.6 Å². The molecule has 0 unspecified atom stereocenters. The minimum absolute atomic E-state index is 0.0705. The highest BCUT2D eigenvalue weighted by Crippen LogP contribution is 2.21. The quantitative estimate of drug-likeness (QED) is 0.554. The van der Waals surface area contributed by atoms with Crippen LogP contribution in [0.15, 0.2) is 89.5 Å². The van der Waals surface area contributed by atoms with Crippen LogP contribution in [0, 0.1) is 0 Å². The van der Waals surface area contributed by atoms with Crippen molar-refractivity contribution >= 4 is 16.9 Å². The third-order valence-electron chi connectivity index (χ3n) is 4.60. The molecule has 0 bridgehead atoms. The lowest BCUT2D eigenvalue weighted by molar-refractivity contribution is -0.121. The first kappa shape index (κ1) is 17.0. The molecule has 4 rings (SSSR count). The Hall–Kier alpha value is -3.40. The van der Waals surface area contributed by atoms with Gasteiger partial charge in [-0.2, -0.15) is 0 Å². The van der Waals surface area contributed by atoms with E-state index in [1.54, 1.807) is 0 Å². The summed E-state index contributed by atoms with van der Waals surface area (Å²) in [6, 6.07) is 27.7. The zero-order valence-corrected chi connectivity index (χ0v) is 14.8. The minimum atomic E-state index is -0.0979. The maximum atomic E-state index is 12.7. The second-order valence-corrected chi connectivity index (χ2v) is 6.52. The van der Waals surface area contributed by atoms with E-state index in [1.165, 1.54) is 5.56 Å². The van der Waals surface area contributed by atoms with E-state index in [-0.39, 0.29) is 18.4 Å². The van der Waals surface area contributed by atoms with Crippen LogP contribution in [0.5, 0.6) is 0 Å². The Labute approximate surface area is 157 Å². The molecule has 0 saturated heterocycles. The number of para-hydroxylation sites is 1. The molecular formula is C23H20N2O2. The van der Waals surface area contributed by atoms with Gasteiger partial charge in [-0.3, -0.25) is 4.79 Å². The summed E-state index contributed by atoms with van der Waals surface area (Å²) in [6.45, 7) is 0. The van der Waals surface area contributed by atoms with Crippen molar-refractivity contribution < 1.29 is 9.32 Å². The number of fused-ring (bicyclic) bond motifs is 1. The maximum Gasteiger partial charge on any atom is 0.226 e. The molecule has 1 aromatic heterocycles. The van der Waals surface area contributed by atoms with Gasteiger partial charge in [0.15, 0.2) is 5.58 Å². The Balaban J connectivity index is 1.53. The van der Waals surface area contributed by atoms with E-state index < -0.39 is 0 Å². The molecule has 1 atom stereocenters. The van der Waals surface area contributed by atoms with Gasteiger partial charge in [0.1, 0.15) is 5.69 Å². The smallest absolute Gasteiger partial charge is 0.226 e. The topological polar surface area (TPSA) is 55.1 Å². The van der Waals surface area contributed by atoms with Crippen molar-refractivity contribution in [3.63, 3.8) is 0 Å². The van der Waals surface area contributed by atoms with Gasteiger partial charge >= 0.3 is 0 Å². The summed E-state index contributed by atoms with van der Waals surface area (Å²) in [4.78, 5) is 12.7. The number of benzene rings is 3. The molecule has 1 heterocycles. The van der Waals surface area contributed by atoms with E-state index in [4.69, 9.17) is 4.52 Å².